The van der Waals surface area contributed by atoms with E-state index in [0.29, 0.717) is 11.4 Å². The Morgan fingerprint density at radius 3 is 2.64 bits per heavy atom. The van der Waals surface area contributed by atoms with Gasteiger partial charge in [-0.25, -0.2) is 4.68 Å². The molecule has 0 saturated carbocycles. The molecule has 6 heteroatoms. The van der Waals surface area contributed by atoms with Gasteiger partial charge in [0.15, 0.2) is 0 Å². The minimum absolute atomic E-state index is 0.277. The number of nitrogens with zero attached hydrogens (tertiary/aromatic N) is 2. The highest BCUT2D eigenvalue weighted by Crippen LogP contribution is 2.22. The van der Waals surface area contributed by atoms with Crippen molar-refractivity contribution in [2.75, 3.05) is 5.32 Å². The van der Waals surface area contributed by atoms with Crippen LogP contribution in [0.25, 0.3) is 10.6 Å². The number of hydrogen-bond acceptors (Lipinski definition) is 4. The van der Waals surface area contributed by atoms with Crippen molar-refractivity contribution in [2.45, 2.75) is 26.8 Å². The Kier molecular flexibility index (Phi) is 4.81. The van der Waals surface area contributed by atoms with Crippen LogP contribution in [-0.2, 0) is 4.79 Å². The summed E-state index contributed by atoms with van der Waals surface area (Å²) in [6, 6.07) is 12.0. The van der Waals surface area contributed by atoms with Crippen molar-refractivity contribution in [2.24, 2.45) is 0 Å². The number of rotatable bonds is 4. The Morgan fingerprint density at radius 2 is 1.96 bits per heavy atom. The van der Waals surface area contributed by atoms with Crippen LogP contribution in [0.15, 0.2) is 52.6 Å². The number of carbonyl (C=O) groups excluding carboxylic acids is 1. The average molecular weight is 353 g/mol. The van der Waals surface area contributed by atoms with E-state index in [1.165, 1.54) is 22.1 Å². The maximum absolute atomic E-state index is 12.6. The zero-order valence-electron chi connectivity index (χ0n) is 14.3. The average Bonchev–Trinajstić information content (AvgIpc) is 3.12. The van der Waals surface area contributed by atoms with E-state index >= 15 is 0 Å². The standard InChI is InChI=1S/C19H19N3O2S/c1-12-6-7-15(11-13(12)2)20-19(24)14(3)22-18(23)9-8-16(21-22)17-5-4-10-25-17/h4-11,14H,1-3H3,(H,20,24). The lowest BCUT2D eigenvalue weighted by atomic mass is 10.1. The van der Waals surface area contributed by atoms with Gasteiger partial charge in [-0.2, -0.15) is 5.10 Å². The molecule has 1 amide bonds. The molecular formula is C19H19N3O2S. The van der Waals surface area contributed by atoms with Gasteiger partial charge in [0.1, 0.15) is 11.7 Å². The van der Waals surface area contributed by atoms with Crippen LogP contribution >= 0.6 is 11.3 Å². The van der Waals surface area contributed by atoms with Crippen molar-refractivity contribution in [1.82, 2.24) is 9.78 Å². The van der Waals surface area contributed by atoms with Gasteiger partial charge in [0.2, 0.25) is 5.91 Å². The third-order valence-electron chi connectivity index (χ3n) is 4.12. The monoisotopic (exact) mass is 353 g/mol. The largest absolute Gasteiger partial charge is 0.324 e. The number of amides is 1. The second-order valence-electron chi connectivity index (χ2n) is 5.94. The molecule has 2 aromatic heterocycles. The summed E-state index contributed by atoms with van der Waals surface area (Å²) in [5.41, 5.74) is 3.35. The van der Waals surface area contributed by atoms with Gasteiger partial charge in [-0.3, -0.25) is 9.59 Å². The van der Waals surface area contributed by atoms with Crippen LogP contribution in [-0.4, -0.2) is 15.7 Å². The maximum atomic E-state index is 12.6. The second kappa shape index (κ2) is 7.03. The van der Waals surface area contributed by atoms with Gasteiger partial charge >= 0.3 is 0 Å². The van der Waals surface area contributed by atoms with Crippen LogP contribution in [0.3, 0.4) is 0 Å². The third-order valence-corrected chi connectivity index (χ3v) is 5.01. The van der Waals surface area contributed by atoms with Gasteiger partial charge in [0.05, 0.1) is 4.88 Å². The van der Waals surface area contributed by atoms with Gasteiger partial charge in [-0.15, -0.1) is 11.3 Å². The van der Waals surface area contributed by atoms with Crippen LogP contribution < -0.4 is 10.9 Å². The van der Waals surface area contributed by atoms with Crippen molar-refractivity contribution in [3.63, 3.8) is 0 Å². The number of nitrogens with one attached hydrogen (secondary N) is 1. The SMILES string of the molecule is Cc1ccc(NC(=O)C(C)n2nc(-c3cccs3)ccc2=O)cc1C. The molecule has 3 rings (SSSR count). The quantitative estimate of drug-likeness (QED) is 0.776. The molecule has 0 aliphatic heterocycles. The zero-order valence-corrected chi connectivity index (χ0v) is 15.1. The molecular weight excluding hydrogens is 334 g/mol. The van der Waals surface area contributed by atoms with E-state index in [-0.39, 0.29) is 11.5 Å². The first-order chi connectivity index (χ1) is 12.0. The number of aryl methyl sites for hydroxylation is 2. The van der Waals surface area contributed by atoms with Gasteiger partial charge in [0, 0.05) is 11.8 Å². The molecule has 1 unspecified atom stereocenters. The molecule has 0 aliphatic rings. The zero-order chi connectivity index (χ0) is 18.0. The minimum atomic E-state index is -0.714. The molecule has 0 saturated heterocycles. The van der Waals surface area contributed by atoms with Gasteiger partial charge in [0.25, 0.3) is 5.56 Å². The molecule has 0 spiro atoms. The molecule has 2 heterocycles. The summed E-state index contributed by atoms with van der Waals surface area (Å²) in [4.78, 5) is 25.7. The molecule has 5 nitrogen and oxygen atoms in total. The Morgan fingerprint density at radius 1 is 1.16 bits per heavy atom. The van der Waals surface area contributed by atoms with Crippen LogP contribution in [0.2, 0.25) is 0 Å². The Balaban J connectivity index is 1.85. The van der Waals surface area contributed by atoms with E-state index in [1.54, 1.807) is 13.0 Å². The summed E-state index contributed by atoms with van der Waals surface area (Å²) in [5, 5.41) is 9.16. The molecule has 1 atom stereocenters. The maximum Gasteiger partial charge on any atom is 0.267 e. The Bertz CT molecular complexity index is 961. The van der Waals surface area contributed by atoms with Crippen LogP contribution in [0.4, 0.5) is 5.69 Å². The summed E-state index contributed by atoms with van der Waals surface area (Å²) < 4.78 is 1.23. The number of carbonyl (C=O) groups is 1. The lowest BCUT2D eigenvalue weighted by molar-refractivity contribution is -0.119. The minimum Gasteiger partial charge on any atom is -0.324 e. The predicted octanol–water partition coefficient (Wildman–Crippen LogP) is 3.79. The Labute approximate surface area is 150 Å². The molecule has 0 radical (unpaired) electrons. The molecule has 3 aromatic rings. The number of thiophene rings is 1. The highest BCUT2D eigenvalue weighted by atomic mass is 32.1. The van der Waals surface area contributed by atoms with E-state index in [9.17, 15) is 9.59 Å². The molecule has 128 valence electrons. The van der Waals surface area contributed by atoms with Crippen LogP contribution in [0.5, 0.6) is 0 Å². The summed E-state index contributed by atoms with van der Waals surface area (Å²) >= 11 is 1.54. The fraction of sp³-hybridized carbons (Fsp3) is 0.211. The number of anilines is 1. The van der Waals surface area contributed by atoms with Gasteiger partial charge < -0.3 is 5.32 Å². The van der Waals surface area contributed by atoms with E-state index < -0.39 is 6.04 Å². The van der Waals surface area contributed by atoms with Crippen LogP contribution in [0.1, 0.15) is 24.1 Å². The van der Waals surface area contributed by atoms with E-state index in [0.717, 1.165) is 16.0 Å². The lowest BCUT2D eigenvalue weighted by Gasteiger charge is -2.15. The first-order valence-corrected chi connectivity index (χ1v) is 8.85. The van der Waals surface area contributed by atoms with Crippen molar-refractivity contribution >= 4 is 22.9 Å². The van der Waals surface area contributed by atoms with Crippen molar-refractivity contribution in [3.05, 3.63) is 69.3 Å². The molecule has 0 aliphatic carbocycles. The predicted molar refractivity (Wildman–Crippen MR) is 101 cm³/mol. The molecule has 0 bridgehead atoms. The first kappa shape index (κ1) is 17.1. The third kappa shape index (κ3) is 3.69. The fourth-order valence-electron chi connectivity index (χ4n) is 2.44. The Hall–Kier alpha value is -2.73. The summed E-state index contributed by atoms with van der Waals surface area (Å²) in [7, 11) is 0. The highest BCUT2D eigenvalue weighted by molar-refractivity contribution is 7.13. The summed E-state index contributed by atoms with van der Waals surface area (Å²) in [6.45, 7) is 5.68. The number of hydrogen-bond donors (Lipinski definition) is 1. The topological polar surface area (TPSA) is 64.0 Å². The van der Waals surface area contributed by atoms with E-state index in [4.69, 9.17) is 0 Å². The summed E-state index contributed by atoms with van der Waals surface area (Å²) in [5.74, 6) is -0.277. The normalized spacial score (nSPS) is 12.0. The molecule has 25 heavy (non-hydrogen) atoms. The van der Waals surface area contributed by atoms with Crippen molar-refractivity contribution < 1.29 is 4.79 Å². The second-order valence-corrected chi connectivity index (χ2v) is 6.89. The number of benzene rings is 1. The van der Waals surface area contributed by atoms with Crippen molar-refractivity contribution in [3.8, 4) is 10.6 Å². The van der Waals surface area contributed by atoms with Gasteiger partial charge in [-0.1, -0.05) is 12.1 Å². The number of aromatic nitrogens is 2. The molecule has 1 aromatic carbocycles. The van der Waals surface area contributed by atoms with Crippen molar-refractivity contribution in [1.29, 1.82) is 0 Å². The first-order valence-electron chi connectivity index (χ1n) is 7.97. The molecule has 0 fully saturated rings. The molecule has 1 N–H and O–H groups in total. The van der Waals surface area contributed by atoms with Gasteiger partial charge in [-0.05, 0) is 61.5 Å². The smallest absolute Gasteiger partial charge is 0.267 e. The lowest BCUT2D eigenvalue weighted by Crippen LogP contribution is -2.33. The van der Waals surface area contributed by atoms with E-state index in [1.807, 2.05) is 49.6 Å². The van der Waals surface area contributed by atoms with Crippen LogP contribution in [0, 0.1) is 13.8 Å². The fourth-order valence-corrected chi connectivity index (χ4v) is 3.13. The highest BCUT2D eigenvalue weighted by Gasteiger charge is 2.18. The van der Waals surface area contributed by atoms with E-state index in [2.05, 4.69) is 10.4 Å². The summed E-state index contributed by atoms with van der Waals surface area (Å²) in [6.07, 6.45) is 0.